The second-order valence-electron chi connectivity index (χ2n) is 5.03. The fraction of sp³-hybridized carbons (Fsp3) is 0.294. The van der Waals surface area contributed by atoms with Gasteiger partial charge in [0.15, 0.2) is 0 Å². The number of ether oxygens (including phenoxy) is 1. The number of hydrogen-bond donors (Lipinski definition) is 1. The minimum atomic E-state index is -0.190. The molecule has 0 fully saturated rings. The largest absolute Gasteiger partial charge is 0.496 e. The van der Waals surface area contributed by atoms with Crippen LogP contribution in [0.1, 0.15) is 22.7 Å². The highest BCUT2D eigenvalue weighted by Gasteiger charge is 2.17. The summed E-state index contributed by atoms with van der Waals surface area (Å²) in [5.74, 6) is 0.625. The van der Waals surface area contributed by atoms with Gasteiger partial charge >= 0.3 is 0 Å². The van der Waals surface area contributed by atoms with E-state index in [2.05, 4.69) is 27.3 Å². The highest BCUT2D eigenvalue weighted by atomic mass is 79.9. The lowest BCUT2D eigenvalue weighted by molar-refractivity contribution is 0.400. The van der Waals surface area contributed by atoms with E-state index in [0.29, 0.717) is 12.0 Å². The van der Waals surface area contributed by atoms with Crippen molar-refractivity contribution in [2.75, 3.05) is 14.2 Å². The van der Waals surface area contributed by atoms with Crippen LogP contribution in [0.15, 0.2) is 40.9 Å². The average Bonchev–Trinajstić information content (AvgIpc) is 2.48. The van der Waals surface area contributed by atoms with Crippen LogP contribution >= 0.6 is 15.9 Å². The Bertz CT molecular complexity index is 630. The van der Waals surface area contributed by atoms with Gasteiger partial charge in [-0.25, -0.2) is 4.39 Å². The molecule has 2 aromatic carbocycles. The van der Waals surface area contributed by atoms with E-state index in [1.807, 2.05) is 32.2 Å². The van der Waals surface area contributed by atoms with Crippen LogP contribution in [0.4, 0.5) is 4.39 Å². The van der Waals surface area contributed by atoms with E-state index in [9.17, 15) is 4.39 Å². The van der Waals surface area contributed by atoms with Gasteiger partial charge in [-0.2, -0.15) is 0 Å². The zero-order valence-electron chi connectivity index (χ0n) is 12.4. The number of benzene rings is 2. The molecule has 0 aromatic heterocycles. The normalized spacial score (nSPS) is 12.2. The molecule has 21 heavy (non-hydrogen) atoms. The van der Waals surface area contributed by atoms with E-state index in [4.69, 9.17) is 4.74 Å². The Morgan fingerprint density at radius 2 is 2.00 bits per heavy atom. The molecule has 2 nitrogen and oxygen atoms in total. The standard InChI is InChI=1S/C17H19BrFNO/c1-11-4-7-17(21-3)14(8-11)16(20-2)10-12-9-13(18)5-6-15(12)19/h4-9,16,20H,10H2,1-3H3. The lowest BCUT2D eigenvalue weighted by Crippen LogP contribution is -2.20. The summed E-state index contributed by atoms with van der Waals surface area (Å²) in [6.45, 7) is 2.04. The molecule has 2 aromatic rings. The number of methoxy groups -OCH3 is 1. The van der Waals surface area contributed by atoms with Crippen LogP contribution in [0.2, 0.25) is 0 Å². The minimum Gasteiger partial charge on any atom is -0.496 e. The van der Waals surface area contributed by atoms with Gasteiger partial charge in [-0.05, 0) is 50.2 Å². The van der Waals surface area contributed by atoms with Gasteiger partial charge in [0.05, 0.1) is 7.11 Å². The zero-order chi connectivity index (χ0) is 15.4. The molecular weight excluding hydrogens is 333 g/mol. The van der Waals surface area contributed by atoms with Crippen molar-refractivity contribution in [3.63, 3.8) is 0 Å². The van der Waals surface area contributed by atoms with Gasteiger partial charge in [0.25, 0.3) is 0 Å². The van der Waals surface area contributed by atoms with E-state index in [1.165, 1.54) is 6.07 Å². The van der Waals surface area contributed by atoms with E-state index in [0.717, 1.165) is 21.3 Å². The van der Waals surface area contributed by atoms with E-state index >= 15 is 0 Å². The summed E-state index contributed by atoms with van der Waals surface area (Å²) in [7, 11) is 3.53. The van der Waals surface area contributed by atoms with Crippen molar-refractivity contribution in [3.05, 3.63) is 63.4 Å². The van der Waals surface area contributed by atoms with Gasteiger partial charge < -0.3 is 10.1 Å². The molecule has 0 saturated carbocycles. The predicted octanol–water partition coefficient (Wildman–Crippen LogP) is 4.41. The predicted molar refractivity (Wildman–Crippen MR) is 87.3 cm³/mol. The molecule has 0 aliphatic rings. The van der Waals surface area contributed by atoms with E-state index in [1.54, 1.807) is 13.2 Å². The summed E-state index contributed by atoms with van der Waals surface area (Å²) >= 11 is 3.39. The SMILES string of the molecule is CNC(Cc1cc(Br)ccc1F)c1cc(C)ccc1OC. The van der Waals surface area contributed by atoms with Crippen LogP contribution in [-0.2, 0) is 6.42 Å². The average molecular weight is 352 g/mol. The van der Waals surface area contributed by atoms with E-state index < -0.39 is 0 Å². The second-order valence-corrected chi connectivity index (χ2v) is 5.94. The number of hydrogen-bond acceptors (Lipinski definition) is 2. The molecule has 4 heteroatoms. The van der Waals surface area contributed by atoms with Crippen LogP contribution in [0.3, 0.4) is 0 Å². The molecule has 0 heterocycles. The van der Waals surface area contributed by atoms with Crippen molar-refractivity contribution in [1.29, 1.82) is 0 Å². The Kier molecular flexibility index (Phi) is 5.37. The maximum Gasteiger partial charge on any atom is 0.126 e. The zero-order valence-corrected chi connectivity index (χ0v) is 14.0. The summed E-state index contributed by atoms with van der Waals surface area (Å²) in [5, 5.41) is 3.25. The highest BCUT2D eigenvalue weighted by Crippen LogP contribution is 2.29. The van der Waals surface area contributed by atoms with Gasteiger partial charge in [0.2, 0.25) is 0 Å². The fourth-order valence-corrected chi connectivity index (χ4v) is 2.82. The van der Waals surface area contributed by atoms with E-state index in [-0.39, 0.29) is 11.9 Å². The van der Waals surface area contributed by atoms with Crippen molar-refractivity contribution in [2.45, 2.75) is 19.4 Å². The first kappa shape index (κ1) is 16.0. The summed E-state index contributed by atoms with van der Waals surface area (Å²) in [6.07, 6.45) is 0.557. The lowest BCUT2D eigenvalue weighted by atomic mass is 9.96. The molecule has 112 valence electrons. The monoisotopic (exact) mass is 351 g/mol. The molecule has 0 bridgehead atoms. The van der Waals surface area contributed by atoms with Crippen LogP contribution in [0, 0.1) is 12.7 Å². The van der Waals surface area contributed by atoms with Crippen molar-refractivity contribution >= 4 is 15.9 Å². The number of rotatable bonds is 5. The van der Waals surface area contributed by atoms with Crippen molar-refractivity contribution in [3.8, 4) is 5.75 Å². The molecule has 0 spiro atoms. The summed E-state index contributed by atoms with van der Waals surface area (Å²) < 4.78 is 20.3. The van der Waals surface area contributed by atoms with Crippen molar-refractivity contribution in [2.24, 2.45) is 0 Å². The number of halogens is 2. The summed E-state index contributed by atoms with van der Waals surface area (Å²) in [5.41, 5.74) is 2.87. The molecule has 0 aliphatic carbocycles. The van der Waals surface area contributed by atoms with Gasteiger partial charge in [0, 0.05) is 16.1 Å². The molecule has 0 radical (unpaired) electrons. The summed E-state index contributed by atoms with van der Waals surface area (Å²) in [4.78, 5) is 0. The Morgan fingerprint density at radius 3 is 2.67 bits per heavy atom. The number of likely N-dealkylation sites (N-methyl/N-ethyl adjacent to an activating group) is 1. The van der Waals surface area contributed by atoms with Crippen LogP contribution in [0.5, 0.6) is 5.75 Å². The molecule has 2 rings (SSSR count). The van der Waals surface area contributed by atoms with Crippen LogP contribution in [0.25, 0.3) is 0 Å². The maximum absolute atomic E-state index is 14.0. The molecule has 1 atom stereocenters. The third-order valence-electron chi connectivity index (χ3n) is 3.54. The van der Waals surface area contributed by atoms with Gasteiger partial charge in [-0.1, -0.05) is 33.6 Å². The maximum atomic E-state index is 14.0. The fourth-order valence-electron chi connectivity index (χ4n) is 2.41. The first-order valence-electron chi connectivity index (χ1n) is 6.81. The number of aryl methyl sites for hydroxylation is 1. The van der Waals surface area contributed by atoms with Gasteiger partial charge in [0.1, 0.15) is 11.6 Å². The first-order valence-corrected chi connectivity index (χ1v) is 7.60. The molecular formula is C17H19BrFNO. The molecule has 1 N–H and O–H groups in total. The lowest BCUT2D eigenvalue weighted by Gasteiger charge is -2.20. The van der Waals surface area contributed by atoms with Gasteiger partial charge in [-0.15, -0.1) is 0 Å². The second kappa shape index (κ2) is 7.05. The van der Waals surface area contributed by atoms with Crippen LogP contribution in [-0.4, -0.2) is 14.2 Å². The quantitative estimate of drug-likeness (QED) is 0.861. The molecule has 1 unspecified atom stereocenters. The molecule has 0 amide bonds. The Morgan fingerprint density at radius 1 is 1.24 bits per heavy atom. The third kappa shape index (κ3) is 3.83. The summed E-state index contributed by atoms with van der Waals surface area (Å²) in [6, 6.07) is 11.0. The van der Waals surface area contributed by atoms with Crippen molar-refractivity contribution < 1.29 is 9.13 Å². The van der Waals surface area contributed by atoms with Gasteiger partial charge in [-0.3, -0.25) is 0 Å². The third-order valence-corrected chi connectivity index (χ3v) is 4.03. The Balaban J connectivity index is 2.36. The minimum absolute atomic E-state index is 0.0105. The first-order chi connectivity index (χ1) is 10.0. The van der Waals surface area contributed by atoms with Crippen LogP contribution < -0.4 is 10.1 Å². The Hall–Kier alpha value is -1.39. The Labute approximate surface area is 133 Å². The molecule has 0 aliphatic heterocycles. The smallest absolute Gasteiger partial charge is 0.126 e. The topological polar surface area (TPSA) is 21.3 Å². The number of nitrogens with one attached hydrogen (secondary N) is 1. The van der Waals surface area contributed by atoms with Crippen molar-refractivity contribution in [1.82, 2.24) is 5.32 Å². The highest BCUT2D eigenvalue weighted by molar-refractivity contribution is 9.10. The molecule has 0 saturated heterocycles.